The molecule has 0 spiro atoms. The van der Waals surface area contributed by atoms with Gasteiger partial charge in [0.15, 0.2) is 0 Å². The molecule has 0 unspecified atom stereocenters. The fourth-order valence-electron chi connectivity index (χ4n) is 3.49. The zero-order chi connectivity index (χ0) is 35.3. The minimum absolute atomic E-state index is 0.0300. The normalized spacial score (nSPS) is 24.5. The van der Waals surface area contributed by atoms with E-state index in [1.54, 1.807) is 24.5 Å². The van der Waals surface area contributed by atoms with Gasteiger partial charge in [0.2, 0.25) is 5.95 Å². The Morgan fingerprint density at radius 3 is 2.65 bits per heavy atom. The molecule has 8 heteroatoms. The lowest BCUT2D eigenvalue weighted by Crippen LogP contribution is -2.43. The van der Waals surface area contributed by atoms with Crippen molar-refractivity contribution in [2.75, 3.05) is 43.7 Å². The first-order valence-corrected chi connectivity index (χ1v) is 11.3. The van der Waals surface area contributed by atoms with Crippen LogP contribution in [0.2, 0.25) is 0 Å². The minimum atomic E-state index is -2.93. The first kappa shape index (κ1) is 14.6. The lowest BCUT2D eigenvalue weighted by Gasteiger charge is -2.32. The van der Waals surface area contributed by atoms with E-state index in [0.29, 0.717) is 21.1 Å². The Bertz CT molecular complexity index is 1780. The number of carbonyl (C=O) groups is 1. The van der Waals surface area contributed by atoms with E-state index in [1.165, 1.54) is 48.7 Å². The molecule has 2 N–H and O–H groups in total. The van der Waals surface area contributed by atoms with Crippen molar-refractivity contribution in [2.24, 2.45) is 0 Å². The molecule has 37 heavy (non-hydrogen) atoms. The van der Waals surface area contributed by atoms with Crippen LogP contribution in [-0.4, -0.2) is 63.7 Å². The highest BCUT2D eigenvalue weighted by Crippen LogP contribution is 2.24. The van der Waals surface area contributed by atoms with E-state index in [0.717, 1.165) is 12.6 Å². The zero-order valence-corrected chi connectivity index (χ0v) is 19.9. The number of likely N-dealkylation sites (N-methyl/N-ethyl adjacent to an activating group) is 1. The zero-order valence-electron chi connectivity index (χ0n) is 30.9. The molecule has 0 bridgehead atoms. The van der Waals surface area contributed by atoms with Crippen molar-refractivity contribution in [2.45, 2.75) is 13.4 Å². The van der Waals surface area contributed by atoms with Gasteiger partial charge in [-0.05, 0) is 67.5 Å². The highest BCUT2D eigenvalue weighted by Gasteiger charge is 2.14. The second-order valence-electron chi connectivity index (χ2n) is 8.14. The molecule has 0 saturated carbocycles. The molecule has 188 valence electrons. The molecule has 1 aliphatic rings. The number of piperazine rings is 1. The number of rotatable bonds is 7. The first-order chi connectivity index (χ1) is 22.3. The summed E-state index contributed by atoms with van der Waals surface area (Å²) >= 11 is 0. The number of nitrogens with zero attached hydrogens (tertiary/aromatic N) is 5. The largest absolute Gasteiger partial charge is 0.324 e. The number of aromatic nitrogens is 3. The predicted molar refractivity (Wildman–Crippen MR) is 147 cm³/mol. The number of carbonyl (C=O) groups excluding carboxylic acids is 1. The summed E-state index contributed by atoms with van der Waals surface area (Å²) in [5.74, 6) is -0.446. The van der Waals surface area contributed by atoms with E-state index < -0.39 is 45.3 Å². The minimum Gasteiger partial charge on any atom is -0.324 e. The molecular weight excluding hydrogens is 462 g/mol. The molecule has 1 aliphatic heterocycles. The van der Waals surface area contributed by atoms with E-state index in [-0.39, 0.29) is 28.5 Å². The number of nitrogens with one attached hydrogen (secondary N) is 2. The van der Waals surface area contributed by atoms with Gasteiger partial charge in [-0.2, -0.15) is 0 Å². The second-order valence-corrected chi connectivity index (χ2v) is 8.14. The fraction of sp³-hybridized carbons (Fsp3) is 0.241. The summed E-state index contributed by atoms with van der Waals surface area (Å²) < 4.78 is 90.3. The molecule has 5 rings (SSSR count). The molecule has 1 saturated heterocycles. The highest BCUT2D eigenvalue weighted by atomic mass is 16.1. The van der Waals surface area contributed by atoms with Crippen LogP contribution in [0.5, 0.6) is 0 Å². The number of hydrogen-bond donors (Lipinski definition) is 2. The molecule has 1 amide bonds. The lowest BCUT2D eigenvalue weighted by atomic mass is 10.1. The average molecular weight is 505 g/mol. The van der Waals surface area contributed by atoms with Crippen molar-refractivity contribution < 1.29 is 19.9 Å². The van der Waals surface area contributed by atoms with Crippen LogP contribution in [0.4, 0.5) is 17.3 Å². The monoisotopic (exact) mass is 504 g/mol. The summed E-state index contributed by atoms with van der Waals surface area (Å²) in [6.45, 7) is -14.6. The van der Waals surface area contributed by atoms with Crippen molar-refractivity contribution in [3.8, 4) is 11.3 Å². The summed E-state index contributed by atoms with van der Waals surface area (Å²) in [6, 6.07) is 15.2. The Hall–Kier alpha value is -4.14. The lowest BCUT2D eigenvalue weighted by molar-refractivity contribution is 0.102. The third-order valence-corrected chi connectivity index (χ3v) is 5.40. The molecule has 2 aromatic heterocycles. The van der Waals surface area contributed by atoms with E-state index >= 15 is 0 Å². The standard InChI is InChI=1S/C29H31N7O/c1-21-5-10-25(18-27(21)34-29-31-13-11-26(33-29)24-4-3-12-30-19-24)32-28(37)23-8-6-22(7-9-23)20-36-16-14-35(2)15-17-36/h3-13,18-19H,14-17,20H2,1-2H3,(H,32,37)(H,31,33,34)/i1D3,14D2,15D2,16D2,17D2. The van der Waals surface area contributed by atoms with E-state index in [4.69, 9.17) is 15.1 Å². The van der Waals surface area contributed by atoms with Gasteiger partial charge < -0.3 is 15.5 Å². The molecule has 3 heterocycles. The number of amides is 1. The van der Waals surface area contributed by atoms with Crippen LogP contribution in [-0.2, 0) is 6.54 Å². The van der Waals surface area contributed by atoms with Gasteiger partial charge in [-0.25, -0.2) is 9.97 Å². The number of anilines is 3. The van der Waals surface area contributed by atoms with Crippen LogP contribution in [0, 0.1) is 6.85 Å². The maximum atomic E-state index is 13.2. The molecule has 2 aromatic carbocycles. The highest BCUT2D eigenvalue weighted by molar-refractivity contribution is 6.04. The van der Waals surface area contributed by atoms with Gasteiger partial charge in [0, 0.05) is 88.7 Å². The summed E-state index contributed by atoms with van der Waals surface area (Å²) in [6.07, 6.45) is 4.77. The van der Waals surface area contributed by atoms with Crippen LogP contribution in [0.25, 0.3) is 11.3 Å². The average Bonchev–Trinajstić information content (AvgIpc) is 3.02. The van der Waals surface area contributed by atoms with Gasteiger partial charge in [0.1, 0.15) is 0 Å². The maximum Gasteiger partial charge on any atom is 0.255 e. The SMILES string of the molecule is [2H]C([2H])([2H])c1ccc(NC(=O)c2ccc(CN3C([2H])([2H])C([2H])([2H])N(C)C([2H])([2H])C3([2H])[2H])cc2)cc1Nc1nccc(-c2cccnc2)n1. The quantitative estimate of drug-likeness (QED) is 0.381. The summed E-state index contributed by atoms with van der Waals surface area (Å²) in [4.78, 5) is 26.8. The third-order valence-electron chi connectivity index (χ3n) is 5.40. The first-order valence-electron chi connectivity index (χ1n) is 16.8. The second kappa shape index (κ2) is 11.3. The Kier molecular flexibility index (Phi) is 4.44. The molecular formula is C29H31N7O. The summed E-state index contributed by atoms with van der Waals surface area (Å²) in [5, 5.41) is 5.65. The number of benzene rings is 2. The van der Waals surface area contributed by atoms with Gasteiger partial charge in [-0.3, -0.25) is 14.7 Å². The maximum absolute atomic E-state index is 13.2. The van der Waals surface area contributed by atoms with E-state index in [1.807, 2.05) is 6.07 Å². The van der Waals surface area contributed by atoms with Crippen LogP contribution in [0.15, 0.2) is 79.3 Å². The van der Waals surface area contributed by atoms with Gasteiger partial charge >= 0.3 is 0 Å². The van der Waals surface area contributed by atoms with Crippen LogP contribution < -0.4 is 10.6 Å². The molecule has 0 atom stereocenters. The van der Waals surface area contributed by atoms with Gasteiger partial charge in [-0.1, -0.05) is 18.2 Å². The van der Waals surface area contributed by atoms with Crippen molar-refractivity contribution in [3.05, 3.63) is 95.9 Å². The van der Waals surface area contributed by atoms with Gasteiger partial charge in [-0.15, -0.1) is 0 Å². The number of pyridine rings is 1. The molecule has 1 fully saturated rings. The van der Waals surface area contributed by atoms with E-state index in [2.05, 4.69) is 25.6 Å². The summed E-state index contributed by atoms with van der Waals surface area (Å²) in [5.41, 5.74) is 2.12. The Balaban J connectivity index is 1.35. The Labute approximate surface area is 232 Å². The van der Waals surface area contributed by atoms with Crippen molar-refractivity contribution in [3.63, 3.8) is 0 Å². The van der Waals surface area contributed by atoms with E-state index in [9.17, 15) is 4.79 Å². The summed E-state index contributed by atoms with van der Waals surface area (Å²) in [7, 11) is 0.991. The molecule has 0 radical (unpaired) electrons. The molecule has 4 aromatic rings. The smallest absolute Gasteiger partial charge is 0.255 e. The van der Waals surface area contributed by atoms with Gasteiger partial charge in [0.05, 0.1) is 5.69 Å². The van der Waals surface area contributed by atoms with Crippen LogP contribution in [0.1, 0.15) is 36.6 Å². The molecule has 8 nitrogen and oxygen atoms in total. The Morgan fingerprint density at radius 1 is 1.05 bits per heavy atom. The Morgan fingerprint density at radius 2 is 1.89 bits per heavy atom. The third kappa shape index (κ3) is 6.35. The molecule has 0 aliphatic carbocycles. The van der Waals surface area contributed by atoms with Crippen molar-refractivity contribution in [1.29, 1.82) is 0 Å². The topological polar surface area (TPSA) is 86.3 Å². The van der Waals surface area contributed by atoms with Crippen LogP contribution in [0.3, 0.4) is 0 Å². The van der Waals surface area contributed by atoms with Crippen molar-refractivity contribution >= 4 is 23.2 Å². The number of aryl methyl sites for hydroxylation is 1. The van der Waals surface area contributed by atoms with Crippen LogP contribution >= 0.6 is 0 Å². The fourth-order valence-corrected chi connectivity index (χ4v) is 3.49. The van der Waals surface area contributed by atoms with Crippen molar-refractivity contribution in [1.82, 2.24) is 24.8 Å². The number of hydrogen-bond acceptors (Lipinski definition) is 7. The predicted octanol–water partition coefficient (Wildman–Crippen LogP) is 4.59. The van der Waals surface area contributed by atoms with Gasteiger partial charge in [0.25, 0.3) is 5.91 Å².